The summed E-state index contributed by atoms with van der Waals surface area (Å²) in [6, 6.07) is 9.30. The highest BCUT2D eigenvalue weighted by molar-refractivity contribution is 5.47. The fraction of sp³-hybridized carbons (Fsp3) is 0. The van der Waals surface area contributed by atoms with E-state index in [-0.39, 0.29) is 21.8 Å². The van der Waals surface area contributed by atoms with Crippen LogP contribution in [-0.4, -0.2) is 19.9 Å². The molecule has 0 saturated heterocycles. The maximum atomic E-state index is 12.0. The van der Waals surface area contributed by atoms with Crippen molar-refractivity contribution in [1.29, 1.82) is 0 Å². The maximum absolute atomic E-state index is 12.0. The molecule has 6 heteroatoms. The molecule has 2 aromatic heterocycles. The highest BCUT2D eigenvalue weighted by Crippen LogP contribution is 1.97. The van der Waals surface area contributed by atoms with Gasteiger partial charge in [-0.3, -0.25) is 9.59 Å². The number of nitrogens with one attached hydrogen (secondary N) is 3. The van der Waals surface area contributed by atoms with E-state index in [9.17, 15) is 9.59 Å². The highest BCUT2D eigenvalue weighted by atomic mass is 16.1. The van der Waals surface area contributed by atoms with Gasteiger partial charge in [-0.2, -0.15) is 0 Å². The monoisotopic (exact) mass is 280 g/mol. The van der Waals surface area contributed by atoms with Crippen molar-refractivity contribution in [3.63, 3.8) is 0 Å². The van der Waals surface area contributed by atoms with Crippen LogP contribution in [-0.2, 0) is 0 Å². The standard InChI is InChI=1S/C15H12N4O2/c20-14-12(6-10-4-2-1-3-5-10)18-15(21)13(19-14)7-11-8-16-9-17-11/h1-9H,(H,16,17)(H,18,21)(H,19,20)/b12-6+,13-7-. The average Bonchev–Trinajstić information content (AvgIpc) is 2.98. The molecule has 0 amide bonds. The van der Waals surface area contributed by atoms with E-state index < -0.39 is 0 Å². The summed E-state index contributed by atoms with van der Waals surface area (Å²) in [5.41, 5.74) is 0.746. The molecular weight excluding hydrogens is 268 g/mol. The Morgan fingerprint density at radius 3 is 2.19 bits per heavy atom. The normalized spacial score (nSPS) is 12.8. The zero-order chi connectivity index (χ0) is 14.7. The van der Waals surface area contributed by atoms with Gasteiger partial charge in [0.05, 0.1) is 18.2 Å². The summed E-state index contributed by atoms with van der Waals surface area (Å²) < 4.78 is 0. The van der Waals surface area contributed by atoms with E-state index in [1.54, 1.807) is 12.3 Å². The minimum absolute atomic E-state index is 0.175. The van der Waals surface area contributed by atoms with E-state index in [1.165, 1.54) is 12.4 Å². The molecule has 3 N–H and O–H groups in total. The van der Waals surface area contributed by atoms with Crippen molar-refractivity contribution >= 4 is 12.2 Å². The van der Waals surface area contributed by atoms with Gasteiger partial charge < -0.3 is 15.0 Å². The number of aromatic amines is 3. The van der Waals surface area contributed by atoms with Crippen LogP contribution in [0.15, 0.2) is 52.4 Å². The Labute approximate surface area is 118 Å². The largest absolute Gasteiger partial charge is 0.345 e. The topological polar surface area (TPSA) is 94.4 Å². The van der Waals surface area contributed by atoms with Gasteiger partial charge in [0.15, 0.2) is 0 Å². The van der Waals surface area contributed by atoms with Gasteiger partial charge in [-0.1, -0.05) is 30.3 Å². The van der Waals surface area contributed by atoms with Crippen molar-refractivity contribution in [3.8, 4) is 0 Å². The van der Waals surface area contributed by atoms with Gasteiger partial charge in [0, 0.05) is 0 Å². The summed E-state index contributed by atoms with van der Waals surface area (Å²) in [6.45, 7) is 0. The van der Waals surface area contributed by atoms with Crippen molar-refractivity contribution in [2.24, 2.45) is 0 Å². The first-order valence-electron chi connectivity index (χ1n) is 6.32. The van der Waals surface area contributed by atoms with Gasteiger partial charge in [-0.05, 0) is 17.7 Å². The quantitative estimate of drug-likeness (QED) is 0.587. The summed E-state index contributed by atoms with van der Waals surface area (Å²) in [6.07, 6.45) is 6.21. The molecule has 1 aromatic carbocycles. The Hall–Kier alpha value is -3.15. The predicted molar refractivity (Wildman–Crippen MR) is 79.1 cm³/mol. The molecule has 0 fully saturated rings. The SMILES string of the molecule is O=c1[nH]/c(=C/c2ccccc2)c(=O)[nH]/c1=C\c1cnc[nH]1. The second kappa shape index (κ2) is 5.46. The molecule has 3 aromatic rings. The summed E-state index contributed by atoms with van der Waals surface area (Å²) in [5, 5.41) is 0.391. The molecule has 3 rings (SSSR count). The molecular formula is C15H12N4O2. The number of benzene rings is 1. The van der Waals surface area contributed by atoms with E-state index in [0.29, 0.717) is 5.69 Å². The van der Waals surface area contributed by atoms with Gasteiger partial charge >= 0.3 is 0 Å². The number of rotatable bonds is 2. The lowest BCUT2D eigenvalue weighted by Crippen LogP contribution is -2.46. The maximum Gasteiger partial charge on any atom is 0.272 e. The lowest BCUT2D eigenvalue weighted by atomic mass is 10.2. The molecule has 104 valence electrons. The Morgan fingerprint density at radius 1 is 0.905 bits per heavy atom. The van der Waals surface area contributed by atoms with Gasteiger partial charge in [0.1, 0.15) is 10.7 Å². The zero-order valence-corrected chi connectivity index (χ0v) is 11.0. The number of H-pyrrole nitrogens is 3. The Kier molecular flexibility index (Phi) is 3.34. The second-order valence-corrected chi connectivity index (χ2v) is 4.44. The molecule has 0 atom stereocenters. The Bertz CT molecular complexity index is 967. The summed E-state index contributed by atoms with van der Waals surface area (Å²) in [5.74, 6) is 0. The van der Waals surface area contributed by atoms with Gasteiger partial charge in [-0.25, -0.2) is 4.98 Å². The van der Waals surface area contributed by atoms with Crippen LogP contribution in [0.4, 0.5) is 0 Å². The van der Waals surface area contributed by atoms with Gasteiger partial charge in [0.2, 0.25) is 0 Å². The van der Waals surface area contributed by atoms with Crippen molar-refractivity contribution < 1.29 is 0 Å². The van der Waals surface area contributed by atoms with Crippen LogP contribution in [0.5, 0.6) is 0 Å². The van der Waals surface area contributed by atoms with Crippen LogP contribution >= 0.6 is 0 Å². The van der Waals surface area contributed by atoms with Crippen molar-refractivity contribution in [3.05, 3.63) is 85.5 Å². The number of hydrogen-bond donors (Lipinski definition) is 3. The van der Waals surface area contributed by atoms with E-state index >= 15 is 0 Å². The lowest BCUT2D eigenvalue weighted by molar-refractivity contribution is 1.00. The van der Waals surface area contributed by atoms with E-state index in [4.69, 9.17) is 0 Å². The minimum Gasteiger partial charge on any atom is -0.345 e. The van der Waals surface area contributed by atoms with Crippen LogP contribution < -0.4 is 21.8 Å². The third kappa shape index (κ3) is 2.89. The van der Waals surface area contributed by atoms with Crippen LogP contribution in [0.25, 0.3) is 12.2 Å². The van der Waals surface area contributed by atoms with Gasteiger partial charge in [-0.15, -0.1) is 0 Å². The fourth-order valence-corrected chi connectivity index (χ4v) is 1.91. The molecule has 0 unspecified atom stereocenters. The predicted octanol–water partition coefficient (Wildman–Crippen LogP) is -0.556. The van der Waals surface area contributed by atoms with Crippen LogP contribution in [0.1, 0.15) is 11.3 Å². The molecule has 2 heterocycles. The molecule has 6 nitrogen and oxygen atoms in total. The fourth-order valence-electron chi connectivity index (χ4n) is 1.91. The molecule has 0 spiro atoms. The van der Waals surface area contributed by atoms with E-state index in [0.717, 1.165) is 5.56 Å². The average molecular weight is 280 g/mol. The molecule has 0 aliphatic heterocycles. The minimum atomic E-state index is -0.369. The first-order valence-corrected chi connectivity index (χ1v) is 6.32. The lowest BCUT2D eigenvalue weighted by Gasteiger charge is -1.92. The van der Waals surface area contributed by atoms with Crippen molar-refractivity contribution in [1.82, 2.24) is 19.9 Å². The number of nitrogens with zero attached hydrogens (tertiary/aromatic N) is 1. The number of aromatic nitrogens is 4. The Morgan fingerprint density at radius 2 is 1.57 bits per heavy atom. The number of imidazole rings is 1. The zero-order valence-electron chi connectivity index (χ0n) is 11.0. The van der Waals surface area contributed by atoms with E-state index in [2.05, 4.69) is 19.9 Å². The second-order valence-electron chi connectivity index (χ2n) is 4.44. The highest BCUT2D eigenvalue weighted by Gasteiger charge is 1.97. The van der Waals surface area contributed by atoms with Crippen LogP contribution in [0.2, 0.25) is 0 Å². The molecule has 0 aliphatic carbocycles. The van der Waals surface area contributed by atoms with Crippen molar-refractivity contribution in [2.75, 3.05) is 0 Å². The van der Waals surface area contributed by atoms with Crippen LogP contribution in [0, 0.1) is 0 Å². The summed E-state index contributed by atoms with van der Waals surface area (Å²) in [7, 11) is 0. The molecule has 0 radical (unpaired) electrons. The first kappa shape index (κ1) is 12.9. The summed E-state index contributed by atoms with van der Waals surface area (Å²) in [4.78, 5) is 35.9. The number of hydrogen-bond acceptors (Lipinski definition) is 3. The molecule has 0 bridgehead atoms. The first-order chi connectivity index (χ1) is 10.2. The smallest absolute Gasteiger partial charge is 0.272 e. The third-order valence-corrected chi connectivity index (χ3v) is 2.92. The molecule has 0 aliphatic rings. The van der Waals surface area contributed by atoms with Gasteiger partial charge in [0.25, 0.3) is 11.1 Å². The third-order valence-electron chi connectivity index (χ3n) is 2.92. The van der Waals surface area contributed by atoms with Crippen molar-refractivity contribution in [2.45, 2.75) is 0 Å². The molecule has 21 heavy (non-hydrogen) atoms. The summed E-state index contributed by atoms with van der Waals surface area (Å²) >= 11 is 0. The molecule has 0 saturated carbocycles. The van der Waals surface area contributed by atoms with E-state index in [1.807, 2.05) is 30.3 Å². The van der Waals surface area contributed by atoms with Crippen LogP contribution in [0.3, 0.4) is 0 Å². The Balaban J connectivity index is 2.16.